The minimum atomic E-state index is -3.96. The van der Waals surface area contributed by atoms with Gasteiger partial charge in [-0.15, -0.1) is 0 Å². The van der Waals surface area contributed by atoms with E-state index in [0.29, 0.717) is 16.9 Å². The van der Waals surface area contributed by atoms with E-state index in [2.05, 4.69) is 72.1 Å². The Bertz CT molecular complexity index is 2390. The lowest BCUT2D eigenvalue weighted by Gasteiger charge is -2.41. The van der Waals surface area contributed by atoms with Crippen LogP contribution >= 0.6 is 0 Å². The molecule has 2 bridgehead atoms. The topological polar surface area (TPSA) is 117 Å². The number of nitrogens with zero attached hydrogens (tertiary/aromatic N) is 1. The van der Waals surface area contributed by atoms with E-state index in [9.17, 15) is 18.3 Å². The molecule has 3 aliphatic rings. The van der Waals surface area contributed by atoms with Crippen molar-refractivity contribution in [2.24, 2.45) is 10.8 Å². The number of amides is 1. The Balaban J connectivity index is 0.956. The number of carbonyl (C=O) groups excluding carboxylic acids is 1. The number of hydrogen-bond acceptors (Lipinski definition) is 7. The third-order valence-corrected chi connectivity index (χ3v) is 14.2. The van der Waals surface area contributed by atoms with Crippen molar-refractivity contribution in [3.63, 3.8) is 0 Å². The maximum Gasteiger partial charge on any atom is 0.241 e. The van der Waals surface area contributed by atoms with Crippen LogP contribution in [-0.4, -0.2) is 55.6 Å². The number of aryl methyl sites for hydroxylation is 1. The molecule has 1 aliphatic carbocycles. The summed E-state index contributed by atoms with van der Waals surface area (Å²) < 4.78 is 43.0. The third kappa shape index (κ3) is 10.5. The number of aliphatic hydroxyl groups is 1. The minimum absolute atomic E-state index is 0.00360. The van der Waals surface area contributed by atoms with E-state index in [1.165, 1.54) is 19.3 Å². The highest BCUT2D eigenvalue weighted by molar-refractivity contribution is 7.89. The summed E-state index contributed by atoms with van der Waals surface area (Å²) in [5.74, 6) is -0.409. The molecule has 0 spiro atoms. The normalized spacial score (nSPS) is 24.3. The zero-order valence-corrected chi connectivity index (χ0v) is 36.5. The Hall–Kier alpha value is -4.68. The Labute approximate surface area is 361 Å². The lowest BCUT2D eigenvalue weighted by molar-refractivity contribution is -0.253. The van der Waals surface area contributed by atoms with E-state index >= 15 is 0 Å². The predicted molar refractivity (Wildman–Crippen MR) is 239 cm³/mol. The first-order chi connectivity index (χ1) is 29.2. The van der Waals surface area contributed by atoms with Crippen LogP contribution in [0.1, 0.15) is 92.2 Å². The van der Waals surface area contributed by atoms with Gasteiger partial charge in [0.1, 0.15) is 6.04 Å². The zero-order valence-electron chi connectivity index (χ0n) is 35.7. The number of fused-ring (bicyclic) bond motifs is 2. The van der Waals surface area contributed by atoms with Gasteiger partial charge in [0.2, 0.25) is 15.9 Å². The number of ether oxygens (including phenoxy) is 2. The Morgan fingerprint density at radius 3 is 2.23 bits per heavy atom. The van der Waals surface area contributed by atoms with Gasteiger partial charge < -0.3 is 19.9 Å². The number of sulfonamides is 1. The van der Waals surface area contributed by atoms with Crippen molar-refractivity contribution in [1.29, 1.82) is 0 Å². The molecule has 0 aromatic heterocycles. The summed E-state index contributed by atoms with van der Waals surface area (Å²) in [5.41, 5.74) is 8.25. The van der Waals surface area contributed by atoms with Crippen LogP contribution in [-0.2, 0) is 43.9 Å². The third-order valence-electron chi connectivity index (χ3n) is 12.7. The first kappa shape index (κ1) is 43.0. The summed E-state index contributed by atoms with van der Waals surface area (Å²) in [7, 11) is -3.96. The molecule has 320 valence electrons. The number of carbonyl (C=O) groups is 1. The van der Waals surface area contributed by atoms with Crippen LogP contribution in [0.5, 0.6) is 0 Å². The standard InChI is InChI=1S/C51H59N3O6S/c1-35-13-23-45(24-14-35)61(57,58)53-46(26-36-9-6-5-7-10-36)48(56)52-30-38-11-8-12-42(25-38)39-19-21-41(22-20-39)49-59-44(27-47(60-49)40-17-15-37(32-55)16-18-40)31-54-34-51(4)29-43(54)28-50(2,3)33-51/h5-25,43-44,46-47,49,53,55H,26-34H2,1-4H3,(H,52,56)/t43?,44-,46-,47+,49+,51?/m1/s1. The van der Waals surface area contributed by atoms with E-state index in [0.717, 1.165) is 64.0 Å². The monoisotopic (exact) mass is 841 g/mol. The van der Waals surface area contributed by atoms with Crippen LogP contribution in [0.3, 0.4) is 0 Å². The molecule has 3 N–H and O–H groups in total. The Kier molecular flexibility index (Phi) is 12.7. The summed E-state index contributed by atoms with van der Waals surface area (Å²) in [6.45, 7) is 11.4. The molecule has 3 fully saturated rings. The van der Waals surface area contributed by atoms with Crippen LogP contribution in [0, 0.1) is 17.8 Å². The van der Waals surface area contributed by atoms with Gasteiger partial charge in [-0.1, -0.05) is 136 Å². The van der Waals surface area contributed by atoms with Gasteiger partial charge in [-0.25, -0.2) is 8.42 Å². The van der Waals surface area contributed by atoms with Crippen LogP contribution in [0.15, 0.2) is 132 Å². The largest absolute Gasteiger partial charge is 0.392 e. The molecule has 10 heteroatoms. The number of likely N-dealkylation sites (tertiary alicyclic amines) is 1. The molecule has 2 unspecified atom stereocenters. The molecular formula is C51H59N3O6S. The molecule has 0 radical (unpaired) electrons. The maximum atomic E-state index is 13.7. The van der Waals surface area contributed by atoms with Crippen molar-refractivity contribution < 1.29 is 27.8 Å². The van der Waals surface area contributed by atoms with Crippen LogP contribution in [0.4, 0.5) is 0 Å². The number of benzene rings is 5. The quantitative estimate of drug-likeness (QED) is 0.102. The molecule has 5 aromatic rings. The maximum absolute atomic E-state index is 13.7. The Morgan fingerprint density at radius 2 is 1.51 bits per heavy atom. The lowest BCUT2D eigenvalue weighted by atomic mass is 9.65. The summed E-state index contributed by atoms with van der Waals surface area (Å²) in [5, 5.41) is 12.7. The molecule has 5 aromatic carbocycles. The number of nitrogens with one attached hydrogen (secondary N) is 2. The van der Waals surface area contributed by atoms with Gasteiger partial charge in [0, 0.05) is 37.7 Å². The highest BCUT2D eigenvalue weighted by Gasteiger charge is 2.50. The van der Waals surface area contributed by atoms with Gasteiger partial charge in [-0.3, -0.25) is 9.69 Å². The van der Waals surface area contributed by atoms with E-state index < -0.39 is 28.3 Å². The molecule has 2 saturated heterocycles. The molecule has 2 aliphatic heterocycles. The SMILES string of the molecule is Cc1ccc(S(=O)(=O)N[C@H](Cc2ccccc2)C(=O)NCc2cccc(-c3ccc([C@H]4O[C@@H](CN5CC6(C)CC5CC(C)(C)C6)C[C@@H](c5ccc(CO)cc5)O4)cc3)c2)cc1. The summed E-state index contributed by atoms with van der Waals surface area (Å²) >= 11 is 0. The van der Waals surface area contributed by atoms with E-state index in [1.54, 1.807) is 24.3 Å². The van der Waals surface area contributed by atoms with Crippen LogP contribution in [0.2, 0.25) is 0 Å². The first-order valence-electron chi connectivity index (χ1n) is 21.6. The smallest absolute Gasteiger partial charge is 0.241 e. The Morgan fingerprint density at radius 1 is 0.803 bits per heavy atom. The molecule has 2 heterocycles. The molecule has 9 nitrogen and oxygen atoms in total. The second-order valence-corrected chi connectivity index (χ2v) is 20.4. The highest BCUT2D eigenvalue weighted by atomic mass is 32.2. The van der Waals surface area contributed by atoms with E-state index in [-0.39, 0.29) is 36.7 Å². The minimum Gasteiger partial charge on any atom is -0.392 e. The van der Waals surface area contributed by atoms with Gasteiger partial charge >= 0.3 is 0 Å². The fourth-order valence-corrected chi connectivity index (χ4v) is 11.3. The fraction of sp³-hybridized carbons (Fsp3) is 0.392. The van der Waals surface area contributed by atoms with E-state index in [1.807, 2.05) is 73.7 Å². The van der Waals surface area contributed by atoms with Gasteiger partial charge in [-0.2, -0.15) is 4.72 Å². The van der Waals surface area contributed by atoms with Crippen molar-refractivity contribution in [2.45, 2.75) is 108 Å². The second-order valence-electron chi connectivity index (χ2n) is 18.7. The fourth-order valence-electron chi connectivity index (χ4n) is 10.1. The van der Waals surface area contributed by atoms with E-state index in [4.69, 9.17) is 9.47 Å². The summed E-state index contributed by atoms with van der Waals surface area (Å²) in [4.78, 5) is 16.5. The van der Waals surface area contributed by atoms with Crippen LogP contribution in [0.25, 0.3) is 11.1 Å². The van der Waals surface area contributed by atoms with Crippen molar-refractivity contribution in [3.8, 4) is 11.1 Å². The summed E-state index contributed by atoms with van der Waals surface area (Å²) in [6.07, 6.45) is 3.96. The number of rotatable bonds is 14. The average Bonchev–Trinajstić information content (AvgIpc) is 3.49. The van der Waals surface area contributed by atoms with Gasteiger partial charge in [0.15, 0.2) is 6.29 Å². The molecule has 8 rings (SSSR count). The summed E-state index contributed by atoms with van der Waals surface area (Å²) in [6, 6.07) is 39.9. The van der Waals surface area contributed by atoms with Crippen molar-refractivity contribution in [3.05, 3.63) is 161 Å². The van der Waals surface area contributed by atoms with Crippen molar-refractivity contribution in [2.75, 3.05) is 13.1 Å². The molecular weight excluding hydrogens is 783 g/mol. The second kappa shape index (κ2) is 18.0. The predicted octanol–water partition coefficient (Wildman–Crippen LogP) is 8.81. The number of aliphatic hydroxyl groups excluding tert-OH is 1. The molecule has 1 saturated carbocycles. The number of hydrogen-bond donors (Lipinski definition) is 3. The van der Waals surface area contributed by atoms with Crippen molar-refractivity contribution in [1.82, 2.24) is 14.9 Å². The van der Waals surface area contributed by atoms with Gasteiger partial charge in [0.25, 0.3) is 0 Å². The van der Waals surface area contributed by atoms with Crippen molar-refractivity contribution >= 4 is 15.9 Å². The molecule has 61 heavy (non-hydrogen) atoms. The molecule has 6 atom stereocenters. The van der Waals surface area contributed by atoms with Gasteiger partial charge in [-0.05, 0) is 95.0 Å². The first-order valence-corrected chi connectivity index (χ1v) is 23.1. The van der Waals surface area contributed by atoms with Crippen LogP contribution < -0.4 is 10.0 Å². The van der Waals surface area contributed by atoms with Gasteiger partial charge in [0.05, 0.1) is 23.7 Å². The average molecular weight is 842 g/mol. The molecule has 1 amide bonds. The zero-order chi connectivity index (χ0) is 42.8. The lowest BCUT2D eigenvalue weighted by Crippen LogP contribution is -2.47. The highest BCUT2D eigenvalue weighted by Crippen LogP contribution is 2.53.